The summed E-state index contributed by atoms with van der Waals surface area (Å²) in [6.45, 7) is 5.33. The van der Waals surface area contributed by atoms with E-state index in [-0.39, 0.29) is 17.4 Å². The molecule has 0 saturated carbocycles. The average molecular weight is 284 g/mol. The Labute approximate surface area is 124 Å². The van der Waals surface area contributed by atoms with E-state index in [1.807, 2.05) is 12.5 Å². The van der Waals surface area contributed by atoms with Crippen LogP contribution in [-0.2, 0) is 4.74 Å². The van der Waals surface area contributed by atoms with Gasteiger partial charge in [0.25, 0.3) is 0 Å². The number of aromatic nitrogens is 2. The lowest BCUT2D eigenvalue weighted by Gasteiger charge is -2.43. The van der Waals surface area contributed by atoms with Gasteiger partial charge in [0.2, 0.25) is 0 Å². The van der Waals surface area contributed by atoms with Crippen molar-refractivity contribution in [1.29, 1.82) is 0 Å². The van der Waals surface area contributed by atoms with E-state index in [0.29, 0.717) is 13.2 Å². The molecule has 4 rings (SSSR count). The van der Waals surface area contributed by atoms with Gasteiger partial charge in [-0.2, -0.15) is 0 Å². The van der Waals surface area contributed by atoms with Gasteiger partial charge in [0.15, 0.2) is 0 Å². The van der Waals surface area contributed by atoms with Gasteiger partial charge in [0.1, 0.15) is 0 Å². The van der Waals surface area contributed by atoms with Gasteiger partial charge in [-0.3, -0.25) is 0 Å². The van der Waals surface area contributed by atoms with Gasteiger partial charge in [-0.15, -0.1) is 0 Å². The van der Waals surface area contributed by atoms with E-state index < -0.39 is 6.10 Å². The Morgan fingerprint density at radius 1 is 1.33 bits per heavy atom. The Balaban J connectivity index is 1.82. The summed E-state index contributed by atoms with van der Waals surface area (Å²) in [5.74, 6) is 0.0466. The summed E-state index contributed by atoms with van der Waals surface area (Å²) in [6, 6.07) is 8.50. The molecule has 0 radical (unpaired) electrons. The fraction of sp³-hybridized carbons (Fsp3) is 0.471. The standard InChI is InChI=1S/C17H20N2O2/c1-17(2)9-21-8-13(16(17)20)15-12-6-4-3-5-11(12)14-7-18-10-19(14)15/h3-7,10,13,15-16,20H,8-9H2,1-2H3/t13-,15?,16+/m1/s1. The summed E-state index contributed by atoms with van der Waals surface area (Å²) in [4.78, 5) is 4.29. The highest BCUT2D eigenvalue weighted by Crippen LogP contribution is 2.47. The monoisotopic (exact) mass is 284 g/mol. The molecule has 1 saturated heterocycles. The molecule has 0 spiro atoms. The van der Waals surface area contributed by atoms with E-state index in [9.17, 15) is 5.11 Å². The Hall–Kier alpha value is -1.65. The molecule has 110 valence electrons. The van der Waals surface area contributed by atoms with Gasteiger partial charge in [0, 0.05) is 16.9 Å². The highest BCUT2D eigenvalue weighted by molar-refractivity contribution is 5.69. The molecule has 21 heavy (non-hydrogen) atoms. The van der Waals surface area contributed by atoms with Crippen molar-refractivity contribution in [2.24, 2.45) is 11.3 Å². The normalized spacial score (nSPS) is 30.0. The van der Waals surface area contributed by atoms with Crippen LogP contribution in [0.1, 0.15) is 25.5 Å². The fourth-order valence-corrected chi connectivity index (χ4v) is 3.79. The van der Waals surface area contributed by atoms with Crippen molar-refractivity contribution >= 4 is 0 Å². The van der Waals surface area contributed by atoms with Crippen LogP contribution >= 0.6 is 0 Å². The first-order chi connectivity index (χ1) is 10.1. The summed E-state index contributed by atoms with van der Waals surface area (Å²) in [5, 5.41) is 10.8. The Bertz CT molecular complexity index is 677. The average Bonchev–Trinajstić information content (AvgIpc) is 3.03. The lowest BCUT2D eigenvalue weighted by Crippen LogP contribution is -2.49. The van der Waals surface area contributed by atoms with Crippen molar-refractivity contribution in [3.63, 3.8) is 0 Å². The van der Waals surface area contributed by atoms with Gasteiger partial charge in [-0.1, -0.05) is 38.1 Å². The number of fused-ring (bicyclic) bond motifs is 3. The predicted octanol–water partition coefficient (Wildman–Crippen LogP) is 2.49. The highest BCUT2D eigenvalue weighted by atomic mass is 16.5. The SMILES string of the molecule is CC1(C)COC[C@H](C2c3ccccc3-c3cncn32)[C@@H]1O. The van der Waals surface area contributed by atoms with Gasteiger partial charge in [-0.05, 0) is 5.56 Å². The smallest absolute Gasteiger partial charge is 0.0956 e. The third kappa shape index (κ3) is 1.79. The van der Waals surface area contributed by atoms with E-state index in [2.05, 4.69) is 47.7 Å². The van der Waals surface area contributed by atoms with Crippen LogP contribution in [0.15, 0.2) is 36.8 Å². The number of benzene rings is 1. The molecule has 0 aliphatic carbocycles. The molecule has 2 aliphatic heterocycles. The molecule has 1 aromatic carbocycles. The zero-order valence-electron chi connectivity index (χ0n) is 12.4. The molecule has 1 fully saturated rings. The zero-order valence-corrected chi connectivity index (χ0v) is 12.4. The number of ether oxygens (including phenoxy) is 1. The number of imidazole rings is 1. The molecule has 0 bridgehead atoms. The molecule has 1 N–H and O–H groups in total. The summed E-state index contributed by atoms with van der Waals surface area (Å²) >= 11 is 0. The van der Waals surface area contributed by atoms with Crippen LogP contribution in [0.3, 0.4) is 0 Å². The van der Waals surface area contributed by atoms with Crippen molar-refractivity contribution in [2.45, 2.75) is 26.0 Å². The van der Waals surface area contributed by atoms with Crippen molar-refractivity contribution in [1.82, 2.24) is 9.55 Å². The van der Waals surface area contributed by atoms with Crippen LogP contribution in [-0.4, -0.2) is 34.0 Å². The number of hydrogen-bond acceptors (Lipinski definition) is 3. The topological polar surface area (TPSA) is 47.3 Å². The van der Waals surface area contributed by atoms with Crippen molar-refractivity contribution in [3.8, 4) is 11.3 Å². The minimum atomic E-state index is -0.391. The maximum Gasteiger partial charge on any atom is 0.0956 e. The molecule has 2 aromatic rings. The third-order valence-electron chi connectivity index (χ3n) is 4.92. The first-order valence-electron chi connectivity index (χ1n) is 7.46. The van der Waals surface area contributed by atoms with E-state index >= 15 is 0 Å². The summed E-state index contributed by atoms with van der Waals surface area (Å²) in [6.07, 6.45) is 3.38. The molecule has 2 aliphatic rings. The summed E-state index contributed by atoms with van der Waals surface area (Å²) in [5.41, 5.74) is 3.39. The van der Waals surface area contributed by atoms with Gasteiger partial charge < -0.3 is 14.4 Å². The van der Waals surface area contributed by atoms with Crippen LogP contribution in [0.25, 0.3) is 11.3 Å². The molecule has 4 heteroatoms. The fourth-order valence-electron chi connectivity index (χ4n) is 3.79. The molecular formula is C17H20N2O2. The number of nitrogens with zero attached hydrogens (tertiary/aromatic N) is 2. The van der Waals surface area contributed by atoms with E-state index in [0.717, 1.165) is 5.69 Å². The first kappa shape index (κ1) is 13.0. The van der Waals surface area contributed by atoms with Crippen LogP contribution in [0.2, 0.25) is 0 Å². The maximum absolute atomic E-state index is 10.8. The maximum atomic E-state index is 10.8. The number of hydrogen-bond donors (Lipinski definition) is 1. The number of aliphatic hydroxyl groups is 1. The lowest BCUT2D eigenvalue weighted by atomic mass is 9.74. The van der Waals surface area contributed by atoms with Crippen LogP contribution < -0.4 is 0 Å². The van der Waals surface area contributed by atoms with Gasteiger partial charge in [0.05, 0.1) is 43.6 Å². The quantitative estimate of drug-likeness (QED) is 0.875. The summed E-state index contributed by atoms with van der Waals surface area (Å²) in [7, 11) is 0. The van der Waals surface area contributed by atoms with Crippen molar-refractivity contribution in [3.05, 3.63) is 42.4 Å². The molecular weight excluding hydrogens is 264 g/mol. The third-order valence-corrected chi connectivity index (χ3v) is 4.92. The van der Waals surface area contributed by atoms with E-state index in [1.165, 1.54) is 11.1 Å². The second-order valence-corrected chi connectivity index (χ2v) is 6.83. The van der Waals surface area contributed by atoms with Crippen LogP contribution in [0.5, 0.6) is 0 Å². The summed E-state index contributed by atoms with van der Waals surface area (Å²) < 4.78 is 7.98. The second-order valence-electron chi connectivity index (χ2n) is 6.83. The minimum absolute atomic E-state index is 0.0466. The van der Waals surface area contributed by atoms with Crippen LogP contribution in [0.4, 0.5) is 0 Å². The zero-order chi connectivity index (χ0) is 14.6. The Morgan fingerprint density at radius 2 is 2.14 bits per heavy atom. The molecule has 3 atom stereocenters. The van der Waals surface area contributed by atoms with E-state index in [4.69, 9.17) is 4.74 Å². The Morgan fingerprint density at radius 3 is 3.00 bits per heavy atom. The second kappa shape index (κ2) is 4.42. The first-order valence-corrected chi connectivity index (χ1v) is 7.46. The van der Waals surface area contributed by atoms with Crippen molar-refractivity contribution in [2.75, 3.05) is 13.2 Å². The lowest BCUT2D eigenvalue weighted by molar-refractivity contribution is -0.129. The van der Waals surface area contributed by atoms with Gasteiger partial charge >= 0.3 is 0 Å². The molecule has 1 unspecified atom stereocenters. The van der Waals surface area contributed by atoms with Gasteiger partial charge in [-0.25, -0.2) is 4.98 Å². The molecule has 4 nitrogen and oxygen atoms in total. The number of rotatable bonds is 1. The molecule has 3 heterocycles. The molecule has 0 amide bonds. The van der Waals surface area contributed by atoms with Crippen LogP contribution in [0, 0.1) is 11.3 Å². The van der Waals surface area contributed by atoms with Crippen molar-refractivity contribution < 1.29 is 9.84 Å². The van der Waals surface area contributed by atoms with E-state index in [1.54, 1.807) is 0 Å². The Kier molecular flexibility index (Phi) is 2.75. The number of aliphatic hydroxyl groups excluding tert-OH is 1. The predicted molar refractivity (Wildman–Crippen MR) is 79.9 cm³/mol. The minimum Gasteiger partial charge on any atom is -0.392 e. The highest BCUT2D eigenvalue weighted by Gasteiger charge is 2.45. The molecule has 1 aromatic heterocycles. The largest absolute Gasteiger partial charge is 0.392 e.